The number of hydrogen-bond acceptors (Lipinski definition) is 6. The van der Waals surface area contributed by atoms with Crippen LogP contribution in [0.2, 0.25) is 0 Å². The van der Waals surface area contributed by atoms with Crippen LogP contribution in [0.4, 0.5) is 0 Å². The molecule has 3 atom stereocenters. The molecule has 1 unspecified atom stereocenters. The molecule has 1 aliphatic carbocycles. The van der Waals surface area contributed by atoms with Gasteiger partial charge >= 0.3 is 0 Å². The number of ether oxygens (including phenoxy) is 1. The summed E-state index contributed by atoms with van der Waals surface area (Å²) in [6.07, 6.45) is 12.9. The highest BCUT2D eigenvalue weighted by molar-refractivity contribution is 7.89. The number of pyridine rings is 1. The minimum Gasteiger partial charge on any atom is -0.497 e. The molecule has 6 rings (SSSR count). The molecule has 1 aromatic carbocycles. The van der Waals surface area contributed by atoms with Gasteiger partial charge in [0, 0.05) is 76.0 Å². The first kappa shape index (κ1) is 31.8. The fourth-order valence-electron chi connectivity index (χ4n) is 7.93. The Morgan fingerprint density at radius 3 is 2.67 bits per heavy atom. The number of rotatable bonds is 9. The van der Waals surface area contributed by atoms with E-state index in [0.29, 0.717) is 60.2 Å². The van der Waals surface area contributed by atoms with Crippen LogP contribution in [-0.4, -0.2) is 77.3 Å². The van der Waals surface area contributed by atoms with Crippen LogP contribution in [0, 0.1) is 13.8 Å². The number of methoxy groups -OCH3 is 1. The van der Waals surface area contributed by atoms with Crippen LogP contribution in [0.3, 0.4) is 0 Å². The molecule has 0 radical (unpaired) electrons. The summed E-state index contributed by atoms with van der Waals surface area (Å²) < 4.78 is 37.6. The summed E-state index contributed by atoms with van der Waals surface area (Å²) >= 11 is 0. The number of amides is 1. The van der Waals surface area contributed by atoms with Gasteiger partial charge in [-0.25, -0.2) is 8.42 Å². The van der Waals surface area contributed by atoms with E-state index in [1.165, 1.54) is 17.5 Å². The van der Waals surface area contributed by atoms with Gasteiger partial charge in [-0.05, 0) is 111 Å². The molecule has 242 valence electrons. The molecule has 45 heavy (non-hydrogen) atoms. The van der Waals surface area contributed by atoms with E-state index < -0.39 is 10.0 Å². The third kappa shape index (κ3) is 6.42. The van der Waals surface area contributed by atoms with Gasteiger partial charge < -0.3 is 14.2 Å². The van der Waals surface area contributed by atoms with E-state index >= 15 is 0 Å². The van der Waals surface area contributed by atoms with Crippen molar-refractivity contribution in [2.75, 3.05) is 27.2 Å². The number of carbonyl (C=O) groups is 1. The molecular weight excluding hydrogens is 586 g/mol. The Morgan fingerprint density at radius 2 is 1.89 bits per heavy atom. The van der Waals surface area contributed by atoms with Crippen molar-refractivity contribution in [3.05, 3.63) is 76.9 Å². The maximum Gasteiger partial charge on any atom is 0.244 e. The minimum atomic E-state index is -3.78. The Balaban J connectivity index is 1.10. The number of sulfonamides is 1. The standard InChI is InChI=1S/C35H47N5O4S/c1-25-20-31(44-4)21-26(2)35(25)45(42,43)40-19-18-38-16-7-11-32(38)33(40)10-6-12-34(41)37(3)29-8-5-9-30(22-29)39-17-14-27-23-36-15-13-28(27)24-39/h7,11,13,15-16,20-21,23,29-30,33H,5-6,8-10,12,14,17-19,22,24H2,1-4H3/t29-,30+,33?/m1/s1. The third-order valence-electron chi connectivity index (χ3n) is 10.3. The Bertz CT molecular complexity index is 1610. The Labute approximate surface area is 268 Å². The maximum atomic E-state index is 14.2. The molecule has 3 aliphatic rings. The molecule has 4 heterocycles. The first-order valence-electron chi connectivity index (χ1n) is 16.4. The zero-order chi connectivity index (χ0) is 31.7. The van der Waals surface area contributed by atoms with Crippen LogP contribution in [-0.2, 0) is 34.3 Å². The van der Waals surface area contributed by atoms with E-state index in [1.54, 1.807) is 23.5 Å². The smallest absolute Gasteiger partial charge is 0.244 e. The Morgan fingerprint density at radius 1 is 1.09 bits per heavy atom. The topological polar surface area (TPSA) is 88.0 Å². The summed E-state index contributed by atoms with van der Waals surface area (Å²) in [4.78, 5) is 22.8. The first-order valence-corrected chi connectivity index (χ1v) is 17.8. The summed E-state index contributed by atoms with van der Waals surface area (Å²) in [5.41, 5.74) is 5.09. The van der Waals surface area contributed by atoms with Crippen LogP contribution in [0.25, 0.3) is 0 Å². The average molecular weight is 634 g/mol. The second-order valence-corrected chi connectivity index (χ2v) is 14.9. The number of aromatic nitrogens is 2. The highest BCUT2D eigenvalue weighted by Crippen LogP contribution is 2.38. The molecule has 2 aliphatic heterocycles. The van der Waals surface area contributed by atoms with Crippen LogP contribution >= 0.6 is 0 Å². The van der Waals surface area contributed by atoms with E-state index in [4.69, 9.17) is 4.74 Å². The molecule has 3 aromatic rings. The van der Waals surface area contributed by atoms with Crippen LogP contribution in [0.5, 0.6) is 5.75 Å². The van der Waals surface area contributed by atoms with E-state index in [9.17, 15) is 13.2 Å². The second-order valence-electron chi connectivity index (χ2n) is 13.1. The number of benzene rings is 1. The Hall–Kier alpha value is -3.21. The van der Waals surface area contributed by atoms with Gasteiger partial charge in [-0.2, -0.15) is 4.31 Å². The molecule has 0 bridgehead atoms. The lowest BCUT2D eigenvalue weighted by molar-refractivity contribution is -0.133. The number of fused-ring (bicyclic) bond motifs is 2. The predicted molar refractivity (Wildman–Crippen MR) is 175 cm³/mol. The summed E-state index contributed by atoms with van der Waals surface area (Å²) in [5.74, 6) is 0.803. The minimum absolute atomic E-state index is 0.151. The van der Waals surface area contributed by atoms with Crippen molar-refractivity contribution >= 4 is 15.9 Å². The highest BCUT2D eigenvalue weighted by Gasteiger charge is 2.38. The second kappa shape index (κ2) is 13.3. The van der Waals surface area contributed by atoms with E-state index in [-0.39, 0.29) is 18.0 Å². The normalized spacial score (nSPS) is 22.4. The number of hydrogen-bond donors (Lipinski definition) is 0. The number of aryl methyl sites for hydroxylation is 2. The maximum absolute atomic E-state index is 14.2. The Kier molecular flexibility index (Phi) is 9.36. The van der Waals surface area contributed by atoms with Crippen molar-refractivity contribution < 1.29 is 17.9 Å². The zero-order valence-corrected chi connectivity index (χ0v) is 27.9. The monoisotopic (exact) mass is 633 g/mol. The molecule has 10 heteroatoms. The fraction of sp³-hybridized carbons (Fsp3) is 0.543. The van der Waals surface area contributed by atoms with Crippen molar-refractivity contribution in [3.8, 4) is 5.75 Å². The largest absolute Gasteiger partial charge is 0.497 e. The van der Waals surface area contributed by atoms with Gasteiger partial charge in [0.25, 0.3) is 0 Å². The van der Waals surface area contributed by atoms with Crippen molar-refractivity contribution in [1.29, 1.82) is 0 Å². The van der Waals surface area contributed by atoms with Gasteiger partial charge in [-0.1, -0.05) is 0 Å². The first-order chi connectivity index (χ1) is 21.7. The molecule has 1 saturated carbocycles. The fourth-order valence-corrected chi connectivity index (χ4v) is 9.97. The molecule has 0 saturated heterocycles. The molecule has 1 fully saturated rings. The SMILES string of the molecule is COc1cc(C)c(S(=O)(=O)N2CCn3cccc3C2CCCC(=O)N(C)[C@@H]2CCC[C@H](N3CCc4cnccc4C3)C2)c(C)c1. The summed E-state index contributed by atoms with van der Waals surface area (Å²) in [7, 11) is -0.222. The van der Waals surface area contributed by atoms with Gasteiger partial charge in [0.2, 0.25) is 15.9 Å². The van der Waals surface area contributed by atoms with Crippen molar-refractivity contribution in [3.63, 3.8) is 0 Å². The molecule has 2 aromatic heterocycles. The van der Waals surface area contributed by atoms with E-state index in [2.05, 4.69) is 20.5 Å². The van der Waals surface area contributed by atoms with Gasteiger partial charge in [-0.15, -0.1) is 0 Å². The predicted octanol–water partition coefficient (Wildman–Crippen LogP) is 5.25. The van der Waals surface area contributed by atoms with Crippen molar-refractivity contribution in [1.82, 2.24) is 23.7 Å². The molecule has 1 amide bonds. The lowest BCUT2D eigenvalue weighted by atomic mass is 9.87. The van der Waals surface area contributed by atoms with Gasteiger partial charge in [0.1, 0.15) is 5.75 Å². The zero-order valence-electron chi connectivity index (χ0n) is 27.1. The molecule has 0 spiro atoms. The molecular formula is C35H47N5O4S. The molecule has 0 N–H and O–H groups in total. The van der Waals surface area contributed by atoms with Crippen LogP contribution < -0.4 is 4.74 Å². The lowest BCUT2D eigenvalue weighted by Crippen LogP contribution is -2.48. The third-order valence-corrected chi connectivity index (χ3v) is 12.6. The van der Waals surface area contributed by atoms with E-state index in [1.807, 2.05) is 56.5 Å². The van der Waals surface area contributed by atoms with Gasteiger partial charge in [-0.3, -0.25) is 14.7 Å². The quantitative estimate of drug-likeness (QED) is 0.320. The summed E-state index contributed by atoms with van der Waals surface area (Å²) in [6.45, 7) is 6.67. The number of carbonyl (C=O) groups excluding carboxylic acids is 1. The van der Waals surface area contributed by atoms with Crippen molar-refractivity contribution in [2.45, 2.75) is 101 Å². The van der Waals surface area contributed by atoms with Crippen LogP contribution in [0.1, 0.15) is 78.9 Å². The molecule has 9 nitrogen and oxygen atoms in total. The average Bonchev–Trinajstić information content (AvgIpc) is 3.53. The number of nitrogens with zero attached hydrogens (tertiary/aromatic N) is 5. The highest BCUT2D eigenvalue weighted by atomic mass is 32.2. The van der Waals surface area contributed by atoms with Crippen molar-refractivity contribution in [2.24, 2.45) is 0 Å². The van der Waals surface area contributed by atoms with Gasteiger partial charge in [0.05, 0.1) is 18.0 Å². The summed E-state index contributed by atoms with van der Waals surface area (Å²) in [6, 6.07) is 10.1. The van der Waals surface area contributed by atoms with E-state index in [0.717, 1.165) is 44.5 Å². The van der Waals surface area contributed by atoms with Crippen LogP contribution in [0.15, 0.2) is 53.8 Å². The summed E-state index contributed by atoms with van der Waals surface area (Å²) in [5, 5.41) is 0. The van der Waals surface area contributed by atoms with Gasteiger partial charge in [0.15, 0.2) is 0 Å². The lowest BCUT2D eigenvalue weighted by Gasteiger charge is -2.42.